The number of aromatic nitrogens is 3. The number of carbonyl (C=O) groups excluding carboxylic acids is 1. The molecule has 1 fully saturated rings. The van der Waals surface area contributed by atoms with Crippen molar-refractivity contribution in [2.45, 2.75) is 34.7 Å². The summed E-state index contributed by atoms with van der Waals surface area (Å²) in [6.45, 7) is -0.615. The molecule has 1 amide bonds. The fourth-order valence-corrected chi connectivity index (χ4v) is 5.34. The predicted octanol–water partition coefficient (Wildman–Crippen LogP) is 2.49. The molecule has 1 aliphatic heterocycles. The first-order valence-electron chi connectivity index (χ1n) is 10.9. The molecule has 1 aromatic heterocycles. The van der Waals surface area contributed by atoms with Gasteiger partial charge in [0.25, 0.3) is 5.91 Å². The zero-order valence-electron chi connectivity index (χ0n) is 19.4. The van der Waals surface area contributed by atoms with Crippen LogP contribution in [0.15, 0.2) is 41.4 Å². The van der Waals surface area contributed by atoms with Gasteiger partial charge in [-0.05, 0) is 30.3 Å². The summed E-state index contributed by atoms with van der Waals surface area (Å²) >= 11 is 7.09. The number of aliphatic hydroxyl groups excluding tert-OH is 3. The van der Waals surface area contributed by atoms with Crippen LogP contribution < -0.4 is 0 Å². The van der Waals surface area contributed by atoms with Gasteiger partial charge in [-0.1, -0.05) is 28.6 Å². The number of hydrogen-bond donors (Lipinski definition) is 3. The molecule has 0 spiro atoms. The van der Waals surface area contributed by atoms with E-state index >= 15 is 0 Å². The Balaban J connectivity index is 1.67. The van der Waals surface area contributed by atoms with Crippen molar-refractivity contribution in [3.8, 4) is 11.3 Å². The Hall–Kier alpha value is -2.68. The Morgan fingerprint density at radius 1 is 1.16 bits per heavy atom. The average molecular weight is 559 g/mol. The van der Waals surface area contributed by atoms with Crippen molar-refractivity contribution in [1.29, 1.82) is 0 Å². The van der Waals surface area contributed by atoms with Crippen LogP contribution in [0.4, 0.5) is 13.2 Å². The molecule has 0 aliphatic carbocycles. The number of amides is 1. The maximum absolute atomic E-state index is 13.7. The van der Waals surface area contributed by atoms with Crippen LogP contribution in [-0.2, 0) is 4.74 Å². The molecule has 4 rings (SSSR count). The van der Waals surface area contributed by atoms with E-state index in [1.165, 1.54) is 23.2 Å². The number of carbonyl (C=O) groups is 1. The molecule has 5 atom stereocenters. The molecule has 2 aromatic carbocycles. The average Bonchev–Trinajstić information content (AvgIpc) is 3.33. The molecular weight excluding hydrogens is 537 g/mol. The molecule has 0 radical (unpaired) electrons. The summed E-state index contributed by atoms with van der Waals surface area (Å²) in [5.41, 5.74) is -0.982. The number of ether oxygens (including phenoxy) is 1. The van der Waals surface area contributed by atoms with E-state index in [2.05, 4.69) is 10.3 Å². The van der Waals surface area contributed by atoms with Gasteiger partial charge in [0.05, 0.1) is 18.4 Å². The van der Waals surface area contributed by atoms with E-state index in [-0.39, 0.29) is 17.2 Å². The number of rotatable bonds is 6. The number of hydrogen-bond acceptors (Lipinski definition) is 8. The summed E-state index contributed by atoms with van der Waals surface area (Å²) in [4.78, 5) is 14.4. The first kappa shape index (κ1) is 27.4. The third-order valence-electron chi connectivity index (χ3n) is 5.77. The minimum atomic E-state index is -1.63. The molecule has 1 saturated heterocycles. The topological polar surface area (TPSA) is 121 Å². The smallest absolute Gasteiger partial charge is 0.254 e. The molecule has 1 aliphatic rings. The lowest BCUT2D eigenvalue weighted by molar-refractivity contribution is -0.178. The van der Waals surface area contributed by atoms with E-state index in [4.69, 9.17) is 16.3 Å². The minimum absolute atomic E-state index is 0.0536. The van der Waals surface area contributed by atoms with Crippen molar-refractivity contribution in [3.63, 3.8) is 0 Å². The first-order valence-corrected chi connectivity index (χ1v) is 12.1. The Kier molecular flexibility index (Phi) is 8.11. The maximum Gasteiger partial charge on any atom is 0.254 e. The van der Waals surface area contributed by atoms with Crippen LogP contribution in [0.3, 0.4) is 0 Å². The molecule has 0 bridgehead atoms. The number of nitrogens with zero attached hydrogens (tertiary/aromatic N) is 4. The summed E-state index contributed by atoms with van der Waals surface area (Å²) in [6, 6.07) is 4.86. The van der Waals surface area contributed by atoms with E-state index < -0.39 is 53.8 Å². The molecule has 14 heteroatoms. The molecule has 2 heterocycles. The van der Waals surface area contributed by atoms with E-state index in [0.29, 0.717) is 15.5 Å². The molecule has 0 saturated carbocycles. The van der Waals surface area contributed by atoms with E-state index in [0.717, 1.165) is 28.6 Å². The van der Waals surface area contributed by atoms with Gasteiger partial charge in [-0.3, -0.25) is 4.79 Å². The van der Waals surface area contributed by atoms with Gasteiger partial charge >= 0.3 is 0 Å². The predicted molar refractivity (Wildman–Crippen MR) is 127 cm³/mol. The molecular formula is C23H22ClF3N4O5S. The zero-order valence-corrected chi connectivity index (χ0v) is 21.0. The van der Waals surface area contributed by atoms with Gasteiger partial charge < -0.3 is 25.0 Å². The largest absolute Gasteiger partial charge is 0.394 e. The van der Waals surface area contributed by atoms with Crippen molar-refractivity contribution in [2.24, 2.45) is 0 Å². The second kappa shape index (κ2) is 11.0. The lowest BCUT2D eigenvalue weighted by atomic mass is 9.97. The van der Waals surface area contributed by atoms with E-state index in [1.807, 2.05) is 0 Å². The standard InChI is InChI=1S/C23H22ClF3N4O5S/c1-30(2)22(35)12-4-3-11(24)7-17(12)37-23-21(34)19(20(33)16(9-32)36-23)31-8-15(28-29-31)10-5-13(25)18(27)14(26)6-10/h3-8,16,19-21,23,32-34H,9H2,1-2H3/t16-,19+,20+,21-,23-/m1/s1. The van der Waals surface area contributed by atoms with Crippen molar-refractivity contribution in [2.75, 3.05) is 20.7 Å². The van der Waals surface area contributed by atoms with Gasteiger partial charge in [-0.25, -0.2) is 17.9 Å². The fourth-order valence-electron chi connectivity index (χ4n) is 3.87. The Labute approximate surface area is 218 Å². The van der Waals surface area contributed by atoms with Crippen LogP contribution >= 0.6 is 23.4 Å². The quantitative estimate of drug-likeness (QED) is 0.395. The zero-order chi connectivity index (χ0) is 27.0. The second-order valence-corrected chi connectivity index (χ2v) is 10.1. The Morgan fingerprint density at radius 3 is 2.46 bits per heavy atom. The normalized spacial score (nSPS) is 23.8. The van der Waals surface area contributed by atoms with Gasteiger partial charge in [0, 0.05) is 29.6 Å². The van der Waals surface area contributed by atoms with Crippen LogP contribution in [0.1, 0.15) is 16.4 Å². The van der Waals surface area contributed by atoms with Crippen LogP contribution in [0.25, 0.3) is 11.3 Å². The highest BCUT2D eigenvalue weighted by molar-refractivity contribution is 8.00. The molecule has 37 heavy (non-hydrogen) atoms. The van der Waals surface area contributed by atoms with Crippen LogP contribution in [-0.4, -0.2) is 85.6 Å². The van der Waals surface area contributed by atoms with Gasteiger partial charge in [-0.15, -0.1) is 5.10 Å². The monoisotopic (exact) mass is 558 g/mol. The van der Waals surface area contributed by atoms with Crippen molar-refractivity contribution in [1.82, 2.24) is 19.9 Å². The second-order valence-electron chi connectivity index (χ2n) is 8.49. The van der Waals surface area contributed by atoms with Crippen LogP contribution in [0.5, 0.6) is 0 Å². The van der Waals surface area contributed by atoms with Crippen LogP contribution in [0, 0.1) is 17.5 Å². The molecule has 198 valence electrons. The summed E-state index contributed by atoms with van der Waals surface area (Å²) in [5.74, 6) is -4.79. The number of benzene rings is 2. The number of halogens is 4. The summed E-state index contributed by atoms with van der Waals surface area (Å²) < 4.78 is 47.6. The highest BCUT2D eigenvalue weighted by Gasteiger charge is 2.46. The Bertz CT molecular complexity index is 1290. The molecule has 9 nitrogen and oxygen atoms in total. The maximum atomic E-state index is 13.7. The first-order chi connectivity index (χ1) is 17.5. The summed E-state index contributed by atoms with van der Waals surface area (Å²) in [6.07, 6.45) is -2.87. The molecule has 0 unspecified atom stereocenters. The van der Waals surface area contributed by atoms with Crippen molar-refractivity contribution < 1.29 is 38.0 Å². The highest BCUT2D eigenvalue weighted by Crippen LogP contribution is 2.40. The lowest BCUT2D eigenvalue weighted by Crippen LogP contribution is -2.55. The molecule has 3 N–H and O–H groups in total. The summed E-state index contributed by atoms with van der Waals surface area (Å²) in [7, 11) is 3.15. The Morgan fingerprint density at radius 2 is 1.84 bits per heavy atom. The third-order valence-corrected chi connectivity index (χ3v) is 7.22. The van der Waals surface area contributed by atoms with E-state index in [1.54, 1.807) is 20.2 Å². The lowest BCUT2D eigenvalue weighted by Gasteiger charge is -2.41. The fraction of sp³-hybridized carbons (Fsp3) is 0.348. The third kappa shape index (κ3) is 5.47. The van der Waals surface area contributed by atoms with Gasteiger partial charge in [-0.2, -0.15) is 0 Å². The number of thioether (sulfide) groups is 1. The summed E-state index contributed by atoms with van der Waals surface area (Å²) in [5, 5.41) is 39.8. The number of aliphatic hydroxyl groups is 3. The van der Waals surface area contributed by atoms with E-state index in [9.17, 15) is 33.3 Å². The SMILES string of the molecule is CN(C)C(=O)c1ccc(Cl)cc1S[C@H]1O[C@H](CO)[C@H](O)[C@H](n2cc(-c3cc(F)c(F)c(F)c3)nn2)[C@H]1O. The van der Waals surface area contributed by atoms with Crippen molar-refractivity contribution in [3.05, 3.63) is 64.6 Å². The minimum Gasteiger partial charge on any atom is -0.394 e. The molecule has 3 aromatic rings. The highest BCUT2D eigenvalue weighted by atomic mass is 35.5. The van der Waals surface area contributed by atoms with Gasteiger partial charge in [0.15, 0.2) is 17.5 Å². The van der Waals surface area contributed by atoms with Gasteiger partial charge in [0.2, 0.25) is 0 Å². The van der Waals surface area contributed by atoms with Gasteiger partial charge in [0.1, 0.15) is 35.5 Å². The van der Waals surface area contributed by atoms with Crippen LogP contribution in [0.2, 0.25) is 5.02 Å². The van der Waals surface area contributed by atoms with Crippen molar-refractivity contribution >= 4 is 29.3 Å².